The standard InChI is InChI=1S/C21H30N4O2/c1-3-27-20(26)25-12-4-11-24(13-14-25)18-7-9-21(16-22,10-8-18)19-6-5-17(2)15-23-19/h5-6,15,18H,3-4,7-14H2,1-2H3. The van der Waals surface area contributed by atoms with Crippen LogP contribution >= 0.6 is 0 Å². The first-order valence-corrected chi connectivity index (χ1v) is 10.1. The van der Waals surface area contributed by atoms with Crippen LogP contribution in [0.25, 0.3) is 0 Å². The number of aromatic nitrogens is 1. The number of ether oxygens (including phenoxy) is 1. The maximum Gasteiger partial charge on any atom is 0.409 e. The topological polar surface area (TPSA) is 69.5 Å². The molecule has 27 heavy (non-hydrogen) atoms. The molecule has 0 spiro atoms. The maximum atomic E-state index is 12.0. The first-order valence-electron chi connectivity index (χ1n) is 10.1. The molecule has 0 bridgehead atoms. The van der Waals surface area contributed by atoms with Crippen molar-refractivity contribution in [3.8, 4) is 6.07 Å². The van der Waals surface area contributed by atoms with E-state index in [-0.39, 0.29) is 6.09 Å². The Kier molecular flexibility index (Phi) is 6.33. The van der Waals surface area contributed by atoms with E-state index in [1.54, 1.807) is 0 Å². The summed E-state index contributed by atoms with van der Waals surface area (Å²) in [7, 11) is 0. The normalized spacial score (nSPS) is 26.9. The quantitative estimate of drug-likeness (QED) is 0.817. The number of pyridine rings is 1. The van der Waals surface area contributed by atoms with E-state index >= 15 is 0 Å². The maximum absolute atomic E-state index is 12.0. The molecule has 1 aromatic heterocycles. The van der Waals surface area contributed by atoms with Gasteiger partial charge in [-0.15, -0.1) is 0 Å². The van der Waals surface area contributed by atoms with Crippen LogP contribution in [0.5, 0.6) is 0 Å². The third-order valence-corrected chi connectivity index (χ3v) is 6.00. The van der Waals surface area contributed by atoms with E-state index in [9.17, 15) is 10.1 Å². The average Bonchev–Trinajstić information content (AvgIpc) is 2.95. The molecule has 1 saturated carbocycles. The van der Waals surface area contributed by atoms with E-state index in [4.69, 9.17) is 4.74 Å². The highest BCUT2D eigenvalue weighted by Crippen LogP contribution is 2.39. The molecule has 0 unspecified atom stereocenters. The zero-order chi connectivity index (χ0) is 19.3. The zero-order valence-electron chi connectivity index (χ0n) is 16.5. The average molecular weight is 370 g/mol. The Bertz CT molecular complexity index is 674. The number of carbonyl (C=O) groups is 1. The third-order valence-electron chi connectivity index (χ3n) is 6.00. The third kappa shape index (κ3) is 4.41. The molecule has 0 atom stereocenters. The van der Waals surface area contributed by atoms with Crippen LogP contribution in [-0.4, -0.2) is 59.7 Å². The van der Waals surface area contributed by atoms with Crippen molar-refractivity contribution >= 4 is 6.09 Å². The molecule has 146 valence electrons. The minimum atomic E-state index is -0.451. The zero-order valence-corrected chi connectivity index (χ0v) is 16.5. The summed E-state index contributed by atoms with van der Waals surface area (Å²) < 4.78 is 5.14. The van der Waals surface area contributed by atoms with E-state index in [1.165, 1.54) is 0 Å². The second kappa shape index (κ2) is 8.71. The minimum Gasteiger partial charge on any atom is -0.450 e. The number of hydrogen-bond acceptors (Lipinski definition) is 5. The predicted octanol–water partition coefficient (Wildman–Crippen LogP) is 3.26. The van der Waals surface area contributed by atoms with Gasteiger partial charge < -0.3 is 9.64 Å². The van der Waals surface area contributed by atoms with Crippen molar-refractivity contribution in [1.29, 1.82) is 5.26 Å². The Morgan fingerprint density at radius 2 is 2.07 bits per heavy atom. The molecule has 0 radical (unpaired) electrons. The molecule has 1 aromatic rings. The Morgan fingerprint density at radius 1 is 1.30 bits per heavy atom. The van der Waals surface area contributed by atoms with E-state index < -0.39 is 5.41 Å². The SMILES string of the molecule is CCOC(=O)N1CCCN(C2CCC(C#N)(c3ccc(C)cn3)CC2)CC1. The van der Waals surface area contributed by atoms with Crippen LogP contribution in [0.3, 0.4) is 0 Å². The summed E-state index contributed by atoms with van der Waals surface area (Å²) in [4.78, 5) is 20.9. The molecule has 6 heteroatoms. The van der Waals surface area contributed by atoms with Gasteiger partial charge in [0.1, 0.15) is 0 Å². The molecule has 1 saturated heterocycles. The summed E-state index contributed by atoms with van der Waals surface area (Å²) in [5.41, 5.74) is 1.59. The Hall–Kier alpha value is -2.13. The highest BCUT2D eigenvalue weighted by molar-refractivity contribution is 5.67. The van der Waals surface area contributed by atoms with Gasteiger partial charge in [-0.05, 0) is 57.6 Å². The van der Waals surface area contributed by atoms with Crippen LogP contribution in [-0.2, 0) is 10.2 Å². The van der Waals surface area contributed by atoms with Crippen LogP contribution in [0.2, 0.25) is 0 Å². The van der Waals surface area contributed by atoms with Crippen molar-refractivity contribution in [1.82, 2.24) is 14.8 Å². The Balaban J connectivity index is 1.59. The molecule has 0 N–H and O–H groups in total. The summed E-state index contributed by atoms with van der Waals surface area (Å²) in [6, 6.07) is 7.12. The van der Waals surface area contributed by atoms with Gasteiger partial charge in [-0.3, -0.25) is 9.88 Å². The van der Waals surface area contributed by atoms with Gasteiger partial charge in [-0.1, -0.05) is 6.07 Å². The van der Waals surface area contributed by atoms with Gasteiger partial charge in [-0.25, -0.2) is 4.79 Å². The van der Waals surface area contributed by atoms with Gasteiger partial charge in [0.2, 0.25) is 0 Å². The first kappa shape index (κ1) is 19.6. The molecule has 2 heterocycles. The van der Waals surface area contributed by atoms with Crippen molar-refractivity contribution in [2.75, 3.05) is 32.8 Å². The number of hydrogen-bond donors (Lipinski definition) is 0. The lowest BCUT2D eigenvalue weighted by Crippen LogP contribution is -2.44. The Labute approximate surface area is 162 Å². The van der Waals surface area contributed by atoms with E-state index in [1.807, 2.05) is 37.1 Å². The van der Waals surface area contributed by atoms with Gasteiger partial charge in [-0.2, -0.15) is 5.26 Å². The van der Waals surface area contributed by atoms with Crippen LogP contribution in [0, 0.1) is 18.3 Å². The molecule has 3 rings (SSSR count). The van der Waals surface area contributed by atoms with E-state index in [2.05, 4.69) is 16.0 Å². The molecular weight excluding hydrogens is 340 g/mol. The highest BCUT2D eigenvalue weighted by atomic mass is 16.6. The van der Waals surface area contributed by atoms with Crippen molar-refractivity contribution in [2.45, 2.75) is 57.4 Å². The highest BCUT2D eigenvalue weighted by Gasteiger charge is 2.40. The van der Waals surface area contributed by atoms with Gasteiger partial charge in [0.05, 0.1) is 23.8 Å². The molecule has 2 fully saturated rings. The smallest absolute Gasteiger partial charge is 0.409 e. The molecule has 1 aliphatic carbocycles. The molecular formula is C21H30N4O2. The number of amides is 1. The van der Waals surface area contributed by atoms with Gasteiger partial charge in [0.15, 0.2) is 0 Å². The van der Waals surface area contributed by atoms with Crippen molar-refractivity contribution in [3.05, 3.63) is 29.6 Å². The summed E-state index contributed by atoms with van der Waals surface area (Å²) in [6.07, 6.45) is 6.34. The summed E-state index contributed by atoms with van der Waals surface area (Å²) in [5, 5.41) is 9.89. The number of nitriles is 1. The predicted molar refractivity (Wildman–Crippen MR) is 103 cm³/mol. The summed E-state index contributed by atoms with van der Waals surface area (Å²) >= 11 is 0. The largest absolute Gasteiger partial charge is 0.450 e. The number of carbonyl (C=O) groups excluding carboxylic acids is 1. The summed E-state index contributed by atoms with van der Waals surface area (Å²) in [6.45, 7) is 7.65. The van der Waals surface area contributed by atoms with E-state index in [0.29, 0.717) is 12.6 Å². The number of aryl methyl sites for hydroxylation is 1. The fourth-order valence-electron chi connectivity index (χ4n) is 4.34. The van der Waals surface area contributed by atoms with Crippen molar-refractivity contribution in [3.63, 3.8) is 0 Å². The Morgan fingerprint density at radius 3 is 2.70 bits per heavy atom. The molecule has 6 nitrogen and oxygen atoms in total. The minimum absolute atomic E-state index is 0.197. The van der Waals surface area contributed by atoms with Crippen LogP contribution in [0.15, 0.2) is 18.3 Å². The van der Waals surface area contributed by atoms with Crippen LogP contribution in [0.1, 0.15) is 50.3 Å². The second-order valence-electron chi connectivity index (χ2n) is 7.72. The second-order valence-corrected chi connectivity index (χ2v) is 7.72. The summed E-state index contributed by atoms with van der Waals surface area (Å²) in [5.74, 6) is 0. The van der Waals surface area contributed by atoms with Crippen molar-refractivity contribution < 1.29 is 9.53 Å². The van der Waals surface area contributed by atoms with Crippen molar-refractivity contribution in [2.24, 2.45) is 0 Å². The van der Waals surface area contributed by atoms with Gasteiger partial charge >= 0.3 is 6.09 Å². The fraction of sp³-hybridized carbons (Fsp3) is 0.667. The lowest BCUT2D eigenvalue weighted by atomic mass is 9.71. The number of nitrogens with zero attached hydrogens (tertiary/aromatic N) is 4. The van der Waals surface area contributed by atoms with Gasteiger partial charge in [0.25, 0.3) is 0 Å². The molecule has 1 aliphatic heterocycles. The molecule has 2 aliphatic rings. The monoisotopic (exact) mass is 370 g/mol. The fourth-order valence-corrected chi connectivity index (χ4v) is 4.34. The lowest BCUT2D eigenvalue weighted by Gasteiger charge is -2.39. The number of rotatable bonds is 3. The van der Waals surface area contributed by atoms with Crippen LogP contribution in [0.4, 0.5) is 4.79 Å². The molecule has 0 aromatic carbocycles. The van der Waals surface area contributed by atoms with Crippen LogP contribution < -0.4 is 0 Å². The first-order chi connectivity index (χ1) is 13.1. The lowest BCUT2D eigenvalue weighted by molar-refractivity contribution is 0.104. The molecule has 1 amide bonds. The van der Waals surface area contributed by atoms with Gasteiger partial charge in [0, 0.05) is 38.4 Å². The van der Waals surface area contributed by atoms with E-state index in [0.717, 1.165) is 69.5 Å².